The first-order valence-corrected chi connectivity index (χ1v) is 6.00. The molecule has 0 aromatic heterocycles. The van der Waals surface area contributed by atoms with Crippen LogP contribution in [-0.4, -0.2) is 9.13 Å². The molecule has 0 aliphatic heterocycles. The average Bonchev–Trinajstić information content (AvgIpc) is 2.15. The zero-order chi connectivity index (χ0) is 8.81. The van der Waals surface area contributed by atoms with Gasteiger partial charge in [0.05, 0.1) is 0 Å². The van der Waals surface area contributed by atoms with Crippen LogP contribution in [0.15, 0.2) is 30.3 Å². The summed E-state index contributed by atoms with van der Waals surface area (Å²) in [5.41, 5.74) is 0. The van der Waals surface area contributed by atoms with Crippen molar-refractivity contribution in [2.24, 2.45) is 0 Å². The molecular formula is C10H14FSi. The van der Waals surface area contributed by atoms with E-state index in [0.717, 1.165) is 24.1 Å². The molecule has 1 radical (unpaired) electrons. The van der Waals surface area contributed by atoms with E-state index in [1.807, 2.05) is 30.3 Å². The van der Waals surface area contributed by atoms with Gasteiger partial charge < -0.3 is 4.11 Å². The van der Waals surface area contributed by atoms with Crippen LogP contribution >= 0.6 is 0 Å². The van der Waals surface area contributed by atoms with E-state index in [4.69, 9.17) is 0 Å². The van der Waals surface area contributed by atoms with Gasteiger partial charge in [-0.25, -0.2) is 0 Å². The van der Waals surface area contributed by atoms with Crippen LogP contribution in [0.1, 0.15) is 19.8 Å². The maximum Gasteiger partial charge on any atom is 0.305 e. The van der Waals surface area contributed by atoms with E-state index in [1.54, 1.807) is 0 Å². The summed E-state index contributed by atoms with van der Waals surface area (Å²) in [4.78, 5) is 0. The van der Waals surface area contributed by atoms with E-state index in [-0.39, 0.29) is 0 Å². The Kier molecular flexibility index (Phi) is 4.01. The van der Waals surface area contributed by atoms with Crippen molar-refractivity contribution >= 4 is 14.3 Å². The molecule has 1 aromatic carbocycles. The third kappa shape index (κ3) is 2.78. The zero-order valence-corrected chi connectivity index (χ0v) is 8.39. The third-order valence-electron chi connectivity index (χ3n) is 1.84. The number of benzene rings is 1. The summed E-state index contributed by atoms with van der Waals surface area (Å²) in [5.74, 6) is 0. The van der Waals surface area contributed by atoms with Crippen molar-refractivity contribution in [2.75, 3.05) is 0 Å². The Morgan fingerprint density at radius 3 is 2.50 bits per heavy atom. The molecule has 0 saturated carbocycles. The number of hydrogen-bond acceptors (Lipinski definition) is 0. The molecule has 12 heavy (non-hydrogen) atoms. The van der Waals surface area contributed by atoms with Crippen LogP contribution in [-0.2, 0) is 0 Å². The third-order valence-corrected chi connectivity index (χ3v) is 3.59. The van der Waals surface area contributed by atoms with Crippen molar-refractivity contribution in [3.05, 3.63) is 30.3 Å². The van der Waals surface area contributed by atoms with E-state index >= 15 is 0 Å². The second-order valence-electron chi connectivity index (χ2n) is 2.87. The van der Waals surface area contributed by atoms with Crippen molar-refractivity contribution in [1.29, 1.82) is 0 Å². The van der Waals surface area contributed by atoms with Crippen LogP contribution in [0.2, 0.25) is 6.04 Å². The zero-order valence-electron chi connectivity index (χ0n) is 7.39. The molecule has 1 aromatic rings. The average molecular weight is 181 g/mol. The molecule has 0 aliphatic rings. The summed E-state index contributed by atoms with van der Waals surface area (Å²) in [6.45, 7) is 2.10. The van der Waals surface area contributed by atoms with Gasteiger partial charge in [0.1, 0.15) is 0 Å². The topological polar surface area (TPSA) is 0 Å². The van der Waals surface area contributed by atoms with Gasteiger partial charge in [-0.05, 0) is 11.2 Å². The minimum absolute atomic E-state index is 0.755. The molecule has 0 atom stereocenters. The Labute approximate surface area is 75.2 Å². The highest BCUT2D eigenvalue weighted by Crippen LogP contribution is 2.02. The van der Waals surface area contributed by atoms with Gasteiger partial charge in [-0.15, -0.1) is 0 Å². The Bertz CT molecular complexity index is 210. The van der Waals surface area contributed by atoms with Crippen LogP contribution in [0.5, 0.6) is 0 Å². The fourth-order valence-electron chi connectivity index (χ4n) is 1.10. The van der Waals surface area contributed by atoms with Crippen LogP contribution in [0.3, 0.4) is 0 Å². The summed E-state index contributed by atoms with van der Waals surface area (Å²) in [6.07, 6.45) is 2.10. The maximum absolute atomic E-state index is 13.4. The van der Waals surface area contributed by atoms with Crippen LogP contribution < -0.4 is 5.19 Å². The normalized spacial score (nSPS) is 10.6. The minimum atomic E-state index is -1.73. The monoisotopic (exact) mass is 181 g/mol. The standard InChI is InChI=1S/C10H14FSi/c1-2-3-9-12(11)10-7-5-4-6-8-10/h4-8H,2-3,9H2,1H3. The summed E-state index contributed by atoms with van der Waals surface area (Å²) in [6, 6.07) is 10.3. The SMILES string of the molecule is CCCC[Si](F)c1ccccc1. The van der Waals surface area contributed by atoms with E-state index in [2.05, 4.69) is 6.92 Å². The molecule has 0 N–H and O–H groups in total. The highest BCUT2D eigenvalue weighted by atomic mass is 28.3. The molecule has 0 fully saturated rings. The minimum Gasteiger partial charge on any atom is -0.308 e. The van der Waals surface area contributed by atoms with Crippen molar-refractivity contribution in [2.45, 2.75) is 25.8 Å². The number of halogens is 1. The van der Waals surface area contributed by atoms with E-state index in [1.165, 1.54) is 0 Å². The number of rotatable bonds is 4. The lowest BCUT2D eigenvalue weighted by Gasteiger charge is -2.02. The molecule has 0 saturated heterocycles. The Morgan fingerprint density at radius 1 is 1.25 bits per heavy atom. The second-order valence-corrected chi connectivity index (χ2v) is 4.76. The predicted octanol–water partition coefficient (Wildman–Crippen LogP) is 2.65. The first-order chi connectivity index (χ1) is 5.84. The fraction of sp³-hybridized carbons (Fsp3) is 0.400. The highest BCUT2D eigenvalue weighted by Gasteiger charge is 2.12. The first-order valence-electron chi connectivity index (χ1n) is 4.41. The van der Waals surface area contributed by atoms with Gasteiger partial charge in [0.15, 0.2) is 0 Å². The molecule has 0 heterocycles. The van der Waals surface area contributed by atoms with Crippen molar-refractivity contribution in [3.8, 4) is 0 Å². The second kappa shape index (κ2) is 5.09. The fourth-order valence-corrected chi connectivity index (χ4v) is 2.60. The Hall–Kier alpha value is -0.633. The molecule has 0 spiro atoms. The Morgan fingerprint density at radius 2 is 1.92 bits per heavy atom. The molecule has 2 heteroatoms. The van der Waals surface area contributed by atoms with Crippen LogP contribution in [0, 0.1) is 0 Å². The first kappa shape index (κ1) is 9.45. The maximum atomic E-state index is 13.4. The largest absolute Gasteiger partial charge is 0.308 e. The van der Waals surface area contributed by atoms with Crippen molar-refractivity contribution in [1.82, 2.24) is 0 Å². The molecular weight excluding hydrogens is 167 g/mol. The Balaban J connectivity index is 2.48. The molecule has 1 rings (SSSR count). The summed E-state index contributed by atoms with van der Waals surface area (Å²) in [5, 5.41) is 0.913. The summed E-state index contributed by atoms with van der Waals surface area (Å²) < 4.78 is 13.4. The van der Waals surface area contributed by atoms with Gasteiger partial charge in [0, 0.05) is 0 Å². The van der Waals surface area contributed by atoms with Gasteiger partial charge in [0.2, 0.25) is 0 Å². The predicted molar refractivity (Wildman–Crippen MR) is 52.7 cm³/mol. The van der Waals surface area contributed by atoms with Crippen LogP contribution in [0.25, 0.3) is 0 Å². The van der Waals surface area contributed by atoms with Crippen LogP contribution in [0.4, 0.5) is 4.11 Å². The van der Waals surface area contributed by atoms with Gasteiger partial charge in [-0.3, -0.25) is 0 Å². The molecule has 0 bridgehead atoms. The molecule has 0 amide bonds. The lowest BCUT2D eigenvalue weighted by atomic mass is 10.4. The van der Waals surface area contributed by atoms with Gasteiger partial charge >= 0.3 is 9.13 Å². The summed E-state index contributed by atoms with van der Waals surface area (Å²) >= 11 is 0. The lowest BCUT2D eigenvalue weighted by Crippen LogP contribution is -2.24. The number of unbranched alkanes of at least 4 members (excludes halogenated alkanes) is 1. The smallest absolute Gasteiger partial charge is 0.305 e. The lowest BCUT2D eigenvalue weighted by molar-refractivity contribution is 0.791. The van der Waals surface area contributed by atoms with E-state index in [9.17, 15) is 4.11 Å². The van der Waals surface area contributed by atoms with E-state index in [0.29, 0.717) is 0 Å². The van der Waals surface area contributed by atoms with E-state index < -0.39 is 9.13 Å². The molecule has 0 unspecified atom stereocenters. The van der Waals surface area contributed by atoms with Crippen molar-refractivity contribution in [3.63, 3.8) is 0 Å². The summed E-state index contributed by atoms with van der Waals surface area (Å²) in [7, 11) is -1.73. The van der Waals surface area contributed by atoms with Gasteiger partial charge in [0.25, 0.3) is 0 Å². The highest BCUT2D eigenvalue weighted by molar-refractivity contribution is 6.66. The molecule has 0 nitrogen and oxygen atoms in total. The van der Waals surface area contributed by atoms with Gasteiger partial charge in [-0.1, -0.05) is 50.1 Å². The van der Waals surface area contributed by atoms with Gasteiger partial charge in [-0.2, -0.15) is 0 Å². The molecule has 0 aliphatic carbocycles. The number of hydrogen-bond donors (Lipinski definition) is 0. The molecule has 65 valence electrons. The van der Waals surface area contributed by atoms with Crippen molar-refractivity contribution < 1.29 is 4.11 Å². The quantitative estimate of drug-likeness (QED) is 0.495.